The summed E-state index contributed by atoms with van der Waals surface area (Å²) in [6.07, 6.45) is -1.03. The van der Waals surface area contributed by atoms with Gasteiger partial charge in [-0.15, -0.1) is 0 Å². The van der Waals surface area contributed by atoms with Crippen LogP contribution in [0.5, 0.6) is 11.5 Å². The van der Waals surface area contributed by atoms with E-state index in [1.54, 1.807) is 36.4 Å². The number of carbonyl (C=O) groups excluding carboxylic acids is 1. The number of fused-ring (bicyclic) bond motifs is 1. The highest BCUT2D eigenvalue weighted by Gasteiger charge is 2.37. The van der Waals surface area contributed by atoms with E-state index >= 15 is 0 Å². The highest BCUT2D eigenvalue weighted by atomic mass is 35.5. The fourth-order valence-corrected chi connectivity index (χ4v) is 5.23. The standard InChI is InChI=1S/C25H25ClN2O5S/c1-17-7-10-20(11-8-17)34(30,31)28-16-24(33-23-12-9-19(26)15-21(23)28)25(29)27-13-14-32-22-6-4-3-5-18(22)2/h3-12,15,24H,13-14,16H2,1-2H3,(H,27,29)/t24-/m1/s1. The number of nitrogens with one attached hydrogen (secondary N) is 1. The molecule has 1 aliphatic heterocycles. The Morgan fingerprint density at radius 3 is 2.59 bits per heavy atom. The zero-order chi connectivity index (χ0) is 24.3. The first-order valence-electron chi connectivity index (χ1n) is 10.8. The molecule has 0 aliphatic carbocycles. The predicted octanol–water partition coefficient (Wildman–Crippen LogP) is 4.11. The van der Waals surface area contributed by atoms with E-state index in [-0.39, 0.29) is 30.3 Å². The van der Waals surface area contributed by atoms with Crippen LogP contribution in [0.3, 0.4) is 0 Å². The number of nitrogens with zero attached hydrogens (tertiary/aromatic N) is 1. The van der Waals surface area contributed by atoms with E-state index < -0.39 is 22.0 Å². The zero-order valence-electron chi connectivity index (χ0n) is 18.8. The lowest BCUT2D eigenvalue weighted by molar-refractivity contribution is -0.127. The van der Waals surface area contributed by atoms with Crippen LogP contribution in [-0.2, 0) is 14.8 Å². The minimum absolute atomic E-state index is 0.122. The van der Waals surface area contributed by atoms with Crippen LogP contribution in [0.4, 0.5) is 5.69 Å². The molecule has 0 unspecified atom stereocenters. The maximum absolute atomic E-state index is 13.5. The van der Waals surface area contributed by atoms with Gasteiger partial charge in [-0.2, -0.15) is 0 Å². The number of hydrogen-bond donors (Lipinski definition) is 1. The Labute approximate surface area is 204 Å². The molecule has 34 heavy (non-hydrogen) atoms. The molecule has 7 nitrogen and oxygen atoms in total. The van der Waals surface area contributed by atoms with Gasteiger partial charge >= 0.3 is 0 Å². The number of halogens is 1. The van der Waals surface area contributed by atoms with Crippen molar-refractivity contribution in [3.05, 3.63) is 82.9 Å². The molecule has 1 N–H and O–H groups in total. The molecule has 1 atom stereocenters. The number of ether oxygens (including phenoxy) is 2. The Kier molecular flexibility index (Phi) is 7.00. The fourth-order valence-electron chi connectivity index (χ4n) is 3.59. The number of hydrogen-bond acceptors (Lipinski definition) is 5. The second-order valence-corrected chi connectivity index (χ2v) is 10.3. The van der Waals surface area contributed by atoms with Gasteiger partial charge in [0.05, 0.1) is 23.7 Å². The van der Waals surface area contributed by atoms with E-state index in [0.29, 0.717) is 10.7 Å². The first-order chi connectivity index (χ1) is 16.3. The van der Waals surface area contributed by atoms with Gasteiger partial charge < -0.3 is 14.8 Å². The van der Waals surface area contributed by atoms with Gasteiger partial charge in [0, 0.05) is 5.02 Å². The lowest BCUT2D eigenvalue weighted by Gasteiger charge is -2.34. The number of anilines is 1. The molecule has 0 spiro atoms. The van der Waals surface area contributed by atoms with Crippen molar-refractivity contribution < 1.29 is 22.7 Å². The van der Waals surface area contributed by atoms with E-state index in [1.165, 1.54) is 10.4 Å². The van der Waals surface area contributed by atoms with Crippen LogP contribution in [-0.4, -0.2) is 40.1 Å². The lowest BCUT2D eigenvalue weighted by atomic mass is 10.2. The van der Waals surface area contributed by atoms with E-state index in [1.807, 2.05) is 38.1 Å². The van der Waals surface area contributed by atoms with Crippen molar-refractivity contribution in [2.75, 3.05) is 24.0 Å². The topological polar surface area (TPSA) is 84.9 Å². The molecule has 0 saturated carbocycles. The van der Waals surface area contributed by atoms with Crippen LogP contribution < -0.4 is 19.1 Å². The summed E-state index contributed by atoms with van der Waals surface area (Å²) in [5.41, 5.74) is 2.23. The molecule has 0 radical (unpaired) electrons. The third-order valence-electron chi connectivity index (χ3n) is 5.44. The summed E-state index contributed by atoms with van der Waals surface area (Å²) in [4.78, 5) is 13.0. The molecular formula is C25H25ClN2O5S. The van der Waals surface area contributed by atoms with Crippen molar-refractivity contribution in [1.29, 1.82) is 0 Å². The number of para-hydroxylation sites is 1. The molecule has 0 aromatic heterocycles. The van der Waals surface area contributed by atoms with E-state index in [2.05, 4.69) is 5.32 Å². The number of sulfonamides is 1. The quantitative estimate of drug-likeness (QED) is 0.493. The summed E-state index contributed by atoms with van der Waals surface area (Å²) >= 11 is 6.13. The van der Waals surface area contributed by atoms with Gasteiger partial charge in [0.15, 0.2) is 6.10 Å². The second-order valence-electron chi connectivity index (χ2n) is 7.97. The molecule has 1 amide bonds. The van der Waals surface area contributed by atoms with Crippen LogP contribution in [0.15, 0.2) is 71.6 Å². The van der Waals surface area contributed by atoms with Crippen molar-refractivity contribution in [1.82, 2.24) is 5.32 Å². The van der Waals surface area contributed by atoms with Crippen molar-refractivity contribution in [2.45, 2.75) is 24.8 Å². The van der Waals surface area contributed by atoms with Crippen molar-refractivity contribution in [3.63, 3.8) is 0 Å². The van der Waals surface area contributed by atoms with Crippen molar-refractivity contribution >= 4 is 33.2 Å². The Hall–Kier alpha value is -3.23. The summed E-state index contributed by atoms with van der Waals surface area (Å²) in [6.45, 7) is 4.14. The van der Waals surface area contributed by atoms with Crippen LogP contribution >= 0.6 is 11.6 Å². The Balaban J connectivity index is 1.50. The molecule has 178 valence electrons. The maximum Gasteiger partial charge on any atom is 0.264 e. The van der Waals surface area contributed by atoms with E-state index in [4.69, 9.17) is 21.1 Å². The third-order valence-corrected chi connectivity index (χ3v) is 7.47. The molecule has 0 fully saturated rings. The Morgan fingerprint density at radius 2 is 1.85 bits per heavy atom. The summed E-state index contributed by atoms with van der Waals surface area (Å²) < 4.78 is 39.7. The number of amides is 1. The SMILES string of the molecule is Cc1ccc(S(=O)(=O)N2C[C@H](C(=O)NCCOc3ccccc3C)Oc3ccc(Cl)cc32)cc1. The predicted molar refractivity (Wildman–Crippen MR) is 131 cm³/mol. The largest absolute Gasteiger partial charge is 0.491 e. The molecule has 1 aliphatic rings. The highest BCUT2D eigenvalue weighted by molar-refractivity contribution is 7.92. The second kappa shape index (κ2) is 9.95. The van der Waals surface area contributed by atoms with Gasteiger partial charge in [-0.05, 0) is 55.8 Å². The van der Waals surface area contributed by atoms with Crippen LogP contribution in [0.1, 0.15) is 11.1 Å². The maximum atomic E-state index is 13.5. The van der Waals surface area contributed by atoms with Gasteiger partial charge in [-0.3, -0.25) is 9.10 Å². The van der Waals surface area contributed by atoms with Crippen molar-refractivity contribution in [3.8, 4) is 11.5 Å². The van der Waals surface area contributed by atoms with Crippen LogP contribution in [0, 0.1) is 13.8 Å². The van der Waals surface area contributed by atoms with E-state index in [9.17, 15) is 13.2 Å². The van der Waals surface area contributed by atoms with E-state index in [0.717, 1.165) is 16.9 Å². The summed E-state index contributed by atoms with van der Waals surface area (Å²) in [5.74, 6) is 0.576. The molecule has 3 aromatic carbocycles. The number of carbonyl (C=O) groups is 1. The molecular weight excluding hydrogens is 476 g/mol. The highest BCUT2D eigenvalue weighted by Crippen LogP contribution is 2.38. The Bertz CT molecular complexity index is 1290. The van der Waals surface area contributed by atoms with Gasteiger partial charge in [0.25, 0.3) is 15.9 Å². The van der Waals surface area contributed by atoms with Gasteiger partial charge in [-0.25, -0.2) is 8.42 Å². The van der Waals surface area contributed by atoms with Gasteiger partial charge in [0.1, 0.15) is 18.1 Å². The molecule has 0 saturated heterocycles. The molecule has 4 rings (SSSR count). The number of rotatable bonds is 7. The average Bonchev–Trinajstić information content (AvgIpc) is 2.82. The zero-order valence-corrected chi connectivity index (χ0v) is 20.4. The van der Waals surface area contributed by atoms with Gasteiger partial charge in [-0.1, -0.05) is 47.5 Å². The van der Waals surface area contributed by atoms with Crippen molar-refractivity contribution in [2.24, 2.45) is 0 Å². The van der Waals surface area contributed by atoms with Crippen LogP contribution in [0.2, 0.25) is 5.02 Å². The number of benzene rings is 3. The monoisotopic (exact) mass is 500 g/mol. The molecule has 3 aromatic rings. The first kappa shape index (κ1) is 23.9. The first-order valence-corrected chi connectivity index (χ1v) is 12.6. The molecule has 1 heterocycles. The fraction of sp³-hybridized carbons (Fsp3) is 0.240. The average molecular weight is 501 g/mol. The summed E-state index contributed by atoms with van der Waals surface area (Å²) in [6, 6.07) is 18.8. The molecule has 9 heteroatoms. The third kappa shape index (κ3) is 5.13. The number of aryl methyl sites for hydroxylation is 2. The lowest BCUT2D eigenvalue weighted by Crippen LogP contribution is -2.51. The minimum atomic E-state index is -3.95. The minimum Gasteiger partial charge on any atom is -0.491 e. The van der Waals surface area contributed by atoms with Crippen LogP contribution in [0.25, 0.3) is 0 Å². The Morgan fingerprint density at radius 1 is 1.12 bits per heavy atom. The normalized spacial score (nSPS) is 15.3. The summed E-state index contributed by atoms with van der Waals surface area (Å²) in [7, 11) is -3.95. The van der Waals surface area contributed by atoms with Gasteiger partial charge in [0.2, 0.25) is 0 Å². The summed E-state index contributed by atoms with van der Waals surface area (Å²) in [5, 5.41) is 3.13. The molecule has 0 bridgehead atoms. The smallest absolute Gasteiger partial charge is 0.264 e.